The van der Waals surface area contributed by atoms with Crippen LogP contribution in [0, 0.1) is 0 Å². The molecule has 25 heavy (non-hydrogen) atoms. The smallest absolute Gasteiger partial charge is 0.245 e. The number of hydrogen-bond donors (Lipinski definition) is 2. The average molecular weight is 347 g/mol. The molecule has 2 amide bonds. The van der Waals surface area contributed by atoms with Crippen molar-refractivity contribution < 1.29 is 14.3 Å². The first-order valence-electron chi connectivity index (χ1n) is 8.82. The molecule has 0 spiro atoms. The van der Waals surface area contributed by atoms with Gasteiger partial charge < -0.3 is 15.4 Å². The third kappa shape index (κ3) is 6.48. The Kier molecular flexibility index (Phi) is 6.96. The summed E-state index contributed by atoms with van der Waals surface area (Å²) < 4.78 is 5.87. The number of carbonyl (C=O) groups is 2. The molecule has 1 aromatic rings. The molecule has 1 atom stereocenters. The fourth-order valence-corrected chi connectivity index (χ4v) is 3.00. The molecule has 1 saturated heterocycles. The van der Waals surface area contributed by atoms with E-state index in [4.69, 9.17) is 4.74 Å². The first kappa shape index (κ1) is 19.4. The van der Waals surface area contributed by atoms with E-state index in [1.807, 2.05) is 18.2 Å². The highest BCUT2D eigenvalue weighted by molar-refractivity contribution is 5.90. The largest absolute Gasteiger partial charge is 0.375 e. The second-order valence-electron chi connectivity index (χ2n) is 7.08. The van der Waals surface area contributed by atoms with E-state index >= 15 is 0 Å². The van der Waals surface area contributed by atoms with Gasteiger partial charge in [0.25, 0.3) is 0 Å². The molecule has 1 aromatic carbocycles. The summed E-state index contributed by atoms with van der Waals surface area (Å²) in [5.41, 5.74) is 0.347. The summed E-state index contributed by atoms with van der Waals surface area (Å²) in [6.07, 6.45) is 0.928. The van der Waals surface area contributed by atoms with Crippen molar-refractivity contribution in [2.45, 2.75) is 45.4 Å². The average Bonchev–Trinajstić information content (AvgIpc) is 2.77. The topological polar surface area (TPSA) is 70.7 Å². The van der Waals surface area contributed by atoms with Crippen LogP contribution in [0.2, 0.25) is 0 Å². The summed E-state index contributed by atoms with van der Waals surface area (Å²) in [5.74, 6) is -0.426. The van der Waals surface area contributed by atoms with Gasteiger partial charge in [-0.05, 0) is 25.8 Å². The summed E-state index contributed by atoms with van der Waals surface area (Å²) in [4.78, 5) is 25.9. The van der Waals surface area contributed by atoms with Crippen LogP contribution >= 0.6 is 0 Å². The molecular weight excluding hydrogens is 318 g/mol. The lowest BCUT2D eigenvalue weighted by Crippen LogP contribution is -2.55. The Labute approximate surface area is 149 Å². The highest BCUT2D eigenvalue weighted by Crippen LogP contribution is 2.11. The van der Waals surface area contributed by atoms with Gasteiger partial charge in [-0.25, -0.2) is 0 Å². The van der Waals surface area contributed by atoms with Gasteiger partial charge in [-0.3, -0.25) is 14.5 Å². The number of amides is 2. The van der Waals surface area contributed by atoms with Crippen LogP contribution in [0.25, 0.3) is 0 Å². The molecule has 0 bridgehead atoms. The van der Waals surface area contributed by atoms with E-state index < -0.39 is 5.54 Å². The SMILES string of the molecule is CC(=O)NC(C)(C)C(=O)NC[C@@H]1CN(Cc2ccccc2)CCCO1. The molecular formula is C19H29N3O3. The molecule has 6 nitrogen and oxygen atoms in total. The van der Waals surface area contributed by atoms with E-state index in [1.165, 1.54) is 12.5 Å². The van der Waals surface area contributed by atoms with Crippen LogP contribution in [0.3, 0.4) is 0 Å². The zero-order valence-corrected chi connectivity index (χ0v) is 15.4. The summed E-state index contributed by atoms with van der Waals surface area (Å²) in [6, 6.07) is 10.4. The molecule has 2 N–H and O–H groups in total. The van der Waals surface area contributed by atoms with Gasteiger partial charge in [-0.2, -0.15) is 0 Å². The van der Waals surface area contributed by atoms with Crippen LogP contribution in [0.15, 0.2) is 30.3 Å². The van der Waals surface area contributed by atoms with Crippen LogP contribution < -0.4 is 10.6 Å². The number of benzene rings is 1. The Morgan fingerprint density at radius 1 is 1.28 bits per heavy atom. The van der Waals surface area contributed by atoms with E-state index in [9.17, 15) is 9.59 Å². The minimum atomic E-state index is -0.930. The van der Waals surface area contributed by atoms with Crippen LogP contribution in [0.4, 0.5) is 0 Å². The van der Waals surface area contributed by atoms with Gasteiger partial charge in [0.05, 0.1) is 6.10 Å². The second-order valence-corrected chi connectivity index (χ2v) is 7.08. The van der Waals surface area contributed by atoms with Crippen molar-refractivity contribution in [3.63, 3.8) is 0 Å². The van der Waals surface area contributed by atoms with Crippen molar-refractivity contribution >= 4 is 11.8 Å². The van der Waals surface area contributed by atoms with Crippen molar-refractivity contribution in [1.29, 1.82) is 0 Å². The standard InChI is InChI=1S/C19H29N3O3/c1-15(23)21-19(2,3)18(24)20-12-17-14-22(10-7-11-25-17)13-16-8-5-4-6-9-16/h4-6,8-9,17H,7,10-14H2,1-3H3,(H,20,24)(H,21,23)/t17-/m1/s1. The van der Waals surface area contributed by atoms with Crippen molar-refractivity contribution in [2.75, 3.05) is 26.2 Å². The Morgan fingerprint density at radius 3 is 2.68 bits per heavy atom. The second kappa shape index (κ2) is 8.97. The third-order valence-corrected chi connectivity index (χ3v) is 4.23. The van der Waals surface area contributed by atoms with Gasteiger partial charge in [0.1, 0.15) is 5.54 Å². The highest BCUT2D eigenvalue weighted by atomic mass is 16.5. The molecule has 1 aliphatic rings. The Hall–Kier alpha value is -1.92. The first-order valence-corrected chi connectivity index (χ1v) is 8.82. The number of rotatable bonds is 6. The maximum absolute atomic E-state index is 12.3. The minimum absolute atomic E-state index is 0.0525. The molecule has 0 radical (unpaired) electrons. The fraction of sp³-hybridized carbons (Fsp3) is 0.579. The summed E-state index contributed by atoms with van der Waals surface area (Å²) in [6.45, 7) is 8.57. The third-order valence-electron chi connectivity index (χ3n) is 4.23. The van der Waals surface area contributed by atoms with E-state index in [0.717, 1.165) is 26.1 Å². The molecule has 0 aliphatic carbocycles. The lowest BCUT2D eigenvalue weighted by Gasteiger charge is -2.27. The van der Waals surface area contributed by atoms with Gasteiger partial charge in [0, 0.05) is 39.7 Å². The van der Waals surface area contributed by atoms with E-state index in [1.54, 1.807) is 13.8 Å². The van der Waals surface area contributed by atoms with Gasteiger partial charge in [-0.1, -0.05) is 30.3 Å². The number of carbonyl (C=O) groups excluding carboxylic acids is 2. The van der Waals surface area contributed by atoms with E-state index in [0.29, 0.717) is 13.2 Å². The minimum Gasteiger partial charge on any atom is -0.375 e. The van der Waals surface area contributed by atoms with Crippen LogP contribution in [-0.4, -0.2) is 54.6 Å². The predicted molar refractivity (Wildman–Crippen MR) is 97.0 cm³/mol. The molecule has 6 heteroatoms. The van der Waals surface area contributed by atoms with E-state index in [-0.39, 0.29) is 17.9 Å². The lowest BCUT2D eigenvalue weighted by atomic mass is 10.0. The number of nitrogens with zero attached hydrogens (tertiary/aromatic N) is 1. The predicted octanol–water partition coefficient (Wildman–Crippen LogP) is 1.31. The molecule has 138 valence electrons. The summed E-state index contributed by atoms with van der Waals surface area (Å²) in [5, 5.41) is 5.56. The number of hydrogen-bond acceptors (Lipinski definition) is 4. The Balaban J connectivity index is 1.86. The first-order chi connectivity index (χ1) is 11.9. The normalized spacial score (nSPS) is 19.1. The van der Waals surface area contributed by atoms with Gasteiger partial charge >= 0.3 is 0 Å². The highest BCUT2D eigenvalue weighted by Gasteiger charge is 2.29. The molecule has 0 aromatic heterocycles. The van der Waals surface area contributed by atoms with Crippen molar-refractivity contribution in [3.05, 3.63) is 35.9 Å². The van der Waals surface area contributed by atoms with Gasteiger partial charge in [0.15, 0.2) is 0 Å². The lowest BCUT2D eigenvalue weighted by molar-refractivity contribution is -0.132. The Bertz CT molecular complexity index is 575. The maximum Gasteiger partial charge on any atom is 0.245 e. The van der Waals surface area contributed by atoms with Crippen molar-refractivity contribution in [3.8, 4) is 0 Å². The van der Waals surface area contributed by atoms with E-state index in [2.05, 4.69) is 27.7 Å². The van der Waals surface area contributed by atoms with Gasteiger partial charge in [-0.15, -0.1) is 0 Å². The molecule has 1 heterocycles. The fourth-order valence-electron chi connectivity index (χ4n) is 3.00. The molecule has 2 rings (SSSR count). The monoisotopic (exact) mass is 347 g/mol. The number of nitrogens with one attached hydrogen (secondary N) is 2. The quantitative estimate of drug-likeness (QED) is 0.814. The summed E-state index contributed by atoms with van der Waals surface area (Å²) >= 11 is 0. The number of ether oxygens (including phenoxy) is 1. The maximum atomic E-state index is 12.3. The van der Waals surface area contributed by atoms with Crippen molar-refractivity contribution in [2.24, 2.45) is 0 Å². The van der Waals surface area contributed by atoms with Crippen LogP contribution in [-0.2, 0) is 20.9 Å². The van der Waals surface area contributed by atoms with Crippen LogP contribution in [0.1, 0.15) is 32.8 Å². The Morgan fingerprint density at radius 2 is 2.00 bits per heavy atom. The molecule has 0 unspecified atom stereocenters. The zero-order chi connectivity index (χ0) is 18.3. The molecule has 1 aliphatic heterocycles. The van der Waals surface area contributed by atoms with Crippen LogP contribution in [0.5, 0.6) is 0 Å². The zero-order valence-electron chi connectivity index (χ0n) is 15.4. The molecule has 0 saturated carbocycles. The van der Waals surface area contributed by atoms with Gasteiger partial charge in [0.2, 0.25) is 11.8 Å². The van der Waals surface area contributed by atoms with Crippen molar-refractivity contribution in [1.82, 2.24) is 15.5 Å². The summed E-state index contributed by atoms with van der Waals surface area (Å²) in [7, 11) is 0. The molecule has 1 fully saturated rings.